The van der Waals surface area contributed by atoms with Crippen LogP contribution in [-0.2, 0) is 17.9 Å². The van der Waals surface area contributed by atoms with Crippen molar-refractivity contribution < 1.29 is 14.5 Å². The fraction of sp³-hybridized carbons (Fsp3) is 0.375. The number of ether oxygens (including phenoxy) is 1. The van der Waals surface area contributed by atoms with E-state index in [9.17, 15) is 14.9 Å². The summed E-state index contributed by atoms with van der Waals surface area (Å²) in [6.45, 7) is 6.36. The van der Waals surface area contributed by atoms with Crippen LogP contribution in [0, 0.1) is 23.0 Å². The molecule has 0 N–H and O–H groups in total. The molecular weight excluding hydrogens is 334 g/mol. The van der Waals surface area contributed by atoms with Crippen LogP contribution in [0.25, 0.3) is 0 Å². The summed E-state index contributed by atoms with van der Waals surface area (Å²) in [5, 5.41) is 15.1. The third-order valence-electron chi connectivity index (χ3n) is 3.32. The molecule has 0 aliphatic carbocycles. The highest BCUT2D eigenvalue weighted by atomic mass is 35.5. The van der Waals surface area contributed by atoms with Gasteiger partial charge in [0.25, 0.3) is 5.69 Å². The maximum Gasteiger partial charge on any atom is 0.343 e. The fourth-order valence-corrected chi connectivity index (χ4v) is 2.51. The molecule has 0 fully saturated rings. The zero-order chi connectivity index (χ0) is 17.9. The Bertz CT molecular complexity index is 753. The van der Waals surface area contributed by atoms with Crippen LogP contribution in [0.1, 0.15) is 35.5 Å². The van der Waals surface area contributed by atoms with Crippen molar-refractivity contribution in [3.63, 3.8) is 0 Å². The molecule has 0 unspecified atom stereocenters. The summed E-state index contributed by atoms with van der Waals surface area (Å²) in [7, 11) is 0. The Labute approximate surface area is 144 Å². The molecule has 0 spiro atoms. The van der Waals surface area contributed by atoms with Gasteiger partial charge in [0.1, 0.15) is 17.3 Å². The average Bonchev–Trinajstić information content (AvgIpc) is 2.78. The van der Waals surface area contributed by atoms with Gasteiger partial charge in [-0.05, 0) is 30.5 Å². The second kappa shape index (κ2) is 7.44. The fourth-order valence-electron chi connectivity index (χ4n) is 2.19. The normalized spacial score (nSPS) is 10.9. The molecule has 128 valence electrons. The van der Waals surface area contributed by atoms with Crippen molar-refractivity contribution >= 4 is 23.3 Å². The zero-order valence-electron chi connectivity index (χ0n) is 13.7. The number of aryl methyl sites for hydroxylation is 1. The third-order valence-corrected chi connectivity index (χ3v) is 3.71. The van der Waals surface area contributed by atoms with E-state index in [2.05, 4.69) is 5.10 Å². The molecule has 0 bridgehead atoms. The molecule has 0 amide bonds. The molecule has 24 heavy (non-hydrogen) atoms. The van der Waals surface area contributed by atoms with Crippen LogP contribution in [0.3, 0.4) is 0 Å². The number of nitrogens with zero attached hydrogens (tertiary/aromatic N) is 3. The van der Waals surface area contributed by atoms with Gasteiger partial charge in [0.15, 0.2) is 0 Å². The Morgan fingerprint density at radius 1 is 1.38 bits per heavy atom. The largest absolute Gasteiger partial charge is 0.457 e. The van der Waals surface area contributed by atoms with Crippen molar-refractivity contribution in [3.05, 3.63) is 56.4 Å². The molecule has 1 aromatic heterocycles. The van der Waals surface area contributed by atoms with E-state index in [1.165, 1.54) is 12.1 Å². The number of carbonyl (C=O) groups is 1. The quantitative estimate of drug-likeness (QED) is 0.449. The monoisotopic (exact) mass is 351 g/mol. The Morgan fingerprint density at radius 3 is 2.54 bits per heavy atom. The number of hydrogen-bond donors (Lipinski definition) is 0. The molecule has 0 atom stereocenters. The summed E-state index contributed by atoms with van der Waals surface area (Å²) in [6.07, 6.45) is 0. The number of nitro benzene ring substituents is 1. The van der Waals surface area contributed by atoms with E-state index >= 15 is 0 Å². The van der Waals surface area contributed by atoms with E-state index in [0.717, 1.165) is 0 Å². The van der Waals surface area contributed by atoms with Gasteiger partial charge < -0.3 is 4.74 Å². The minimum atomic E-state index is -0.564. The van der Waals surface area contributed by atoms with Crippen molar-refractivity contribution in [2.45, 2.75) is 33.9 Å². The molecule has 1 heterocycles. The number of hydrogen-bond acceptors (Lipinski definition) is 5. The molecule has 8 heteroatoms. The van der Waals surface area contributed by atoms with Gasteiger partial charge in [0.2, 0.25) is 0 Å². The standard InChI is InChI=1S/C16H18ClN3O4/c1-10(2)8-19-15(17)14(11(3)18-19)16(21)24-9-12-4-6-13(7-5-12)20(22)23/h4-7,10H,8-9H2,1-3H3. The number of carbonyl (C=O) groups excluding carboxylic acids is 1. The van der Waals surface area contributed by atoms with E-state index in [1.54, 1.807) is 23.7 Å². The van der Waals surface area contributed by atoms with E-state index in [-0.39, 0.29) is 23.0 Å². The molecule has 0 radical (unpaired) electrons. The van der Waals surface area contributed by atoms with Crippen molar-refractivity contribution in [1.82, 2.24) is 9.78 Å². The number of esters is 1. The van der Waals surface area contributed by atoms with Gasteiger partial charge in [-0.1, -0.05) is 25.4 Å². The highest BCUT2D eigenvalue weighted by molar-refractivity contribution is 6.32. The number of aromatic nitrogens is 2. The zero-order valence-corrected chi connectivity index (χ0v) is 14.4. The van der Waals surface area contributed by atoms with Gasteiger partial charge in [-0.3, -0.25) is 14.8 Å². The number of rotatable bonds is 6. The van der Waals surface area contributed by atoms with Crippen LogP contribution in [0.2, 0.25) is 5.15 Å². The summed E-state index contributed by atoms with van der Waals surface area (Å²) in [5.41, 5.74) is 1.39. The molecule has 0 aliphatic rings. The smallest absolute Gasteiger partial charge is 0.343 e. The summed E-state index contributed by atoms with van der Waals surface area (Å²) >= 11 is 6.23. The molecule has 0 saturated heterocycles. The molecule has 2 rings (SSSR count). The number of benzene rings is 1. The second-order valence-corrected chi connectivity index (χ2v) is 6.18. The molecular formula is C16H18ClN3O4. The SMILES string of the molecule is Cc1nn(CC(C)C)c(Cl)c1C(=O)OCc1ccc([N+](=O)[O-])cc1. The van der Waals surface area contributed by atoms with Gasteiger partial charge >= 0.3 is 5.97 Å². The van der Waals surface area contributed by atoms with Crippen LogP contribution in [0.15, 0.2) is 24.3 Å². The lowest BCUT2D eigenvalue weighted by Crippen LogP contribution is -2.08. The van der Waals surface area contributed by atoms with Gasteiger partial charge in [0, 0.05) is 18.7 Å². The Balaban J connectivity index is 2.07. The van der Waals surface area contributed by atoms with Crippen molar-refractivity contribution in [3.8, 4) is 0 Å². The number of halogens is 1. The highest BCUT2D eigenvalue weighted by Gasteiger charge is 2.22. The Morgan fingerprint density at radius 2 is 2.00 bits per heavy atom. The summed E-state index contributed by atoms with van der Waals surface area (Å²) < 4.78 is 6.84. The summed E-state index contributed by atoms with van der Waals surface area (Å²) in [4.78, 5) is 22.4. The topological polar surface area (TPSA) is 87.3 Å². The lowest BCUT2D eigenvalue weighted by Gasteiger charge is -2.07. The molecule has 0 saturated carbocycles. The van der Waals surface area contributed by atoms with Gasteiger partial charge in [0.05, 0.1) is 10.6 Å². The molecule has 7 nitrogen and oxygen atoms in total. The van der Waals surface area contributed by atoms with Crippen LogP contribution < -0.4 is 0 Å². The summed E-state index contributed by atoms with van der Waals surface area (Å²) in [5.74, 6) is -0.225. The second-order valence-electron chi connectivity index (χ2n) is 5.83. The first-order valence-corrected chi connectivity index (χ1v) is 7.80. The predicted molar refractivity (Wildman–Crippen MR) is 89.0 cm³/mol. The molecule has 2 aromatic rings. The minimum absolute atomic E-state index is 0.00194. The van der Waals surface area contributed by atoms with Crippen LogP contribution in [-0.4, -0.2) is 20.7 Å². The first kappa shape index (κ1) is 17.9. The van der Waals surface area contributed by atoms with Crippen molar-refractivity contribution in [2.24, 2.45) is 5.92 Å². The minimum Gasteiger partial charge on any atom is -0.457 e. The predicted octanol–water partition coefficient (Wildman–Crippen LogP) is 3.77. The lowest BCUT2D eigenvalue weighted by atomic mass is 10.2. The van der Waals surface area contributed by atoms with Gasteiger partial charge in [-0.2, -0.15) is 5.10 Å². The van der Waals surface area contributed by atoms with Crippen molar-refractivity contribution in [2.75, 3.05) is 0 Å². The maximum atomic E-state index is 12.3. The highest BCUT2D eigenvalue weighted by Crippen LogP contribution is 2.22. The lowest BCUT2D eigenvalue weighted by molar-refractivity contribution is -0.384. The van der Waals surface area contributed by atoms with Crippen molar-refractivity contribution in [1.29, 1.82) is 0 Å². The Hall–Kier alpha value is -2.41. The van der Waals surface area contributed by atoms with Crippen LogP contribution in [0.4, 0.5) is 5.69 Å². The van der Waals surface area contributed by atoms with E-state index in [1.807, 2.05) is 13.8 Å². The van der Waals surface area contributed by atoms with E-state index < -0.39 is 10.9 Å². The van der Waals surface area contributed by atoms with Gasteiger partial charge in [-0.15, -0.1) is 0 Å². The Kier molecular flexibility index (Phi) is 5.56. The van der Waals surface area contributed by atoms with Crippen LogP contribution >= 0.6 is 11.6 Å². The van der Waals surface area contributed by atoms with E-state index in [0.29, 0.717) is 23.7 Å². The summed E-state index contributed by atoms with van der Waals surface area (Å²) in [6, 6.07) is 5.81. The maximum absolute atomic E-state index is 12.3. The first-order valence-electron chi connectivity index (χ1n) is 7.43. The third kappa shape index (κ3) is 4.11. The molecule has 0 aliphatic heterocycles. The van der Waals surface area contributed by atoms with Gasteiger partial charge in [-0.25, -0.2) is 4.79 Å². The van der Waals surface area contributed by atoms with E-state index in [4.69, 9.17) is 16.3 Å². The number of nitro groups is 1. The van der Waals surface area contributed by atoms with Crippen LogP contribution in [0.5, 0.6) is 0 Å². The number of non-ortho nitro benzene ring substituents is 1. The average molecular weight is 352 g/mol. The molecule has 1 aromatic carbocycles. The first-order chi connectivity index (χ1) is 11.3.